The third kappa shape index (κ3) is 3.71. The fourth-order valence-electron chi connectivity index (χ4n) is 1.73. The first kappa shape index (κ1) is 16.0. The molecule has 0 bridgehead atoms. The molecule has 0 heterocycles. The van der Waals surface area contributed by atoms with Crippen LogP contribution < -0.4 is 0 Å². The summed E-state index contributed by atoms with van der Waals surface area (Å²) in [4.78, 5) is 11.3. The molecule has 0 aromatic heterocycles. The van der Waals surface area contributed by atoms with E-state index in [2.05, 4.69) is 4.74 Å². The Labute approximate surface area is 113 Å². The first-order chi connectivity index (χ1) is 9.33. The molecule has 1 rings (SSSR count). The highest BCUT2D eigenvalue weighted by molar-refractivity contribution is 5.73. The zero-order chi connectivity index (χ0) is 15.3. The Hall–Kier alpha value is -2.07. The topological polar surface area (TPSA) is 70.3 Å². The number of hydrogen-bond acceptors (Lipinski definition) is 4. The third-order valence-electron chi connectivity index (χ3n) is 2.52. The van der Waals surface area contributed by atoms with Crippen LogP contribution in [0.2, 0.25) is 0 Å². The number of ether oxygens (including phenoxy) is 1. The second-order valence-corrected chi connectivity index (χ2v) is 3.93. The van der Waals surface area contributed by atoms with Gasteiger partial charge in [-0.25, -0.2) is 0 Å². The summed E-state index contributed by atoms with van der Waals surface area (Å²) >= 11 is 0. The maximum absolute atomic E-state index is 12.9. The molecule has 0 aliphatic rings. The van der Waals surface area contributed by atoms with E-state index < -0.39 is 29.9 Å². The first-order valence-corrected chi connectivity index (χ1v) is 5.73. The predicted molar refractivity (Wildman–Crippen MR) is 62.4 cm³/mol. The van der Waals surface area contributed by atoms with Crippen molar-refractivity contribution in [3.63, 3.8) is 0 Å². The molecule has 1 aromatic rings. The number of aliphatic hydroxyl groups is 1. The Kier molecular flexibility index (Phi) is 5.11. The lowest BCUT2D eigenvalue weighted by atomic mass is 9.97. The maximum Gasteiger partial charge on any atom is 0.417 e. The van der Waals surface area contributed by atoms with Crippen molar-refractivity contribution in [3.05, 3.63) is 34.4 Å². The highest BCUT2D eigenvalue weighted by Gasteiger charge is 2.35. The van der Waals surface area contributed by atoms with Crippen LogP contribution in [0.4, 0.5) is 13.2 Å². The zero-order valence-corrected chi connectivity index (χ0v) is 10.6. The van der Waals surface area contributed by atoms with Gasteiger partial charge in [-0.1, -0.05) is 6.07 Å². The van der Waals surface area contributed by atoms with E-state index in [1.54, 1.807) is 6.92 Å². The molecule has 0 radical (unpaired) electrons. The zero-order valence-electron chi connectivity index (χ0n) is 10.6. The van der Waals surface area contributed by atoms with Crippen LogP contribution in [0.25, 0.3) is 0 Å². The van der Waals surface area contributed by atoms with Crippen LogP contribution >= 0.6 is 0 Å². The van der Waals surface area contributed by atoms with Crippen molar-refractivity contribution in [3.8, 4) is 6.07 Å². The molecule has 108 valence electrons. The van der Waals surface area contributed by atoms with Crippen LogP contribution in [-0.2, 0) is 28.7 Å². The average molecular weight is 287 g/mol. The van der Waals surface area contributed by atoms with Gasteiger partial charge in [-0.3, -0.25) is 4.79 Å². The number of benzene rings is 1. The summed E-state index contributed by atoms with van der Waals surface area (Å²) < 4.78 is 43.3. The summed E-state index contributed by atoms with van der Waals surface area (Å²) in [6.45, 7) is 0.980. The van der Waals surface area contributed by atoms with Gasteiger partial charge in [0, 0.05) is 0 Å². The van der Waals surface area contributed by atoms with Crippen LogP contribution in [0.5, 0.6) is 0 Å². The van der Waals surface area contributed by atoms with Crippen LogP contribution in [0, 0.1) is 11.3 Å². The first-order valence-electron chi connectivity index (χ1n) is 5.73. The molecular formula is C13H12F3NO3. The van der Waals surface area contributed by atoms with Gasteiger partial charge >= 0.3 is 12.1 Å². The van der Waals surface area contributed by atoms with Crippen molar-refractivity contribution in [2.75, 3.05) is 6.61 Å². The largest absolute Gasteiger partial charge is 0.466 e. The van der Waals surface area contributed by atoms with Crippen LogP contribution in [0.15, 0.2) is 12.1 Å². The van der Waals surface area contributed by atoms with E-state index in [1.165, 1.54) is 12.1 Å². The van der Waals surface area contributed by atoms with E-state index in [-0.39, 0.29) is 24.2 Å². The second-order valence-electron chi connectivity index (χ2n) is 3.93. The van der Waals surface area contributed by atoms with Gasteiger partial charge in [0.25, 0.3) is 0 Å². The Morgan fingerprint density at radius 3 is 2.55 bits per heavy atom. The van der Waals surface area contributed by atoms with Crippen LogP contribution in [-0.4, -0.2) is 17.7 Å². The van der Waals surface area contributed by atoms with Gasteiger partial charge < -0.3 is 9.84 Å². The van der Waals surface area contributed by atoms with Crippen molar-refractivity contribution in [2.24, 2.45) is 0 Å². The molecule has 0 saturated carbocycles. The minimum atomic E-state index is -4.74. The summed E-state index contributed by atoms with van der Waals surface area (Å²) in [7, 11) is 0. The maximum atomic E-state index is 12.9. The standard InChI is InChI=1S/C13H12F3NO3/c1-2-20-12(19)5-8-3-9(7-18)10(6-17)11(4-8)13(14,15)16/h3-4,18H,2,5,7H2,1H3. The summed E-state index contributed by atoms with van der Waals surface area (Å²) in [5.74, 6) is -0.672. The van der Waals surface area contributed by atoms with Crippen molar-refractivity contribution in [1.29, 1.82) is 5.26 Å². The van der Waals surface area contributed by atoms with Gasteiger partial charge in [0.2, 0.25) is 0 Å². The Morgan fingerprint density at radius 2 is 2.10 bits per heavy atom. The number of nitrogens with zero attached hydrogens (tertiary/aromatic N) is 1. The molecular weight excluding hydrogens is 275 g/mol. The van der Waals surface area contributed by atoms with Gasteiger partial charge in [0.05, 0.1) is 30.8 Å². The third-order valence-corrected chi connectivity index (χ3v) is 2.52. The lowest BCUT2D eigenvalue weighted by Crippen LogP contribution is -2.13. The number of aliphatic hydroxyl groups excluding tert-OH is 1. The van der Waals surface area contributed by atoms with Gasteiger partial charge in [0.1, 0.15) is 6.07 Å². The number of nitriles is 1. The lowest BCUT2D eigenvalue weighted by Gasteiger charge is -2.14. The Bertz CT molecular complexity index is 547. The van der Waals surface area contributed by atoms with Crippen LogP contribution in [0.1, 0.15) is 29.2 Å². The smallest absolute Gasteiger partial charge is 0.417 e. The van der Waals surface area contributed by atoms with Gasteiger partial charge in [-0.15, -0.1) is 0 Å². The van der Waals surface area contributed by atoms with E-state index >= 15 is 0 Å². The minimum Gasteiger partial charge on any atom is -0.466 e. The van der Waals surface area contributed by atoms with Gasteiger partial charge in [-0.2, -0.15) is 18.4 Å². The molecule has 0 unspecified atom stereocenters. The number of carbonyl (C=O) groups excluding carboxylic acids is 1. The monoisotopic (exact) mass is 287 g/mol. The van der Waals surface area contributed by atoms with Crippen molar-refractivity contribution in [1.82, 2.24) is 0 Å². The molecule has 1 N–H and O–H groups in total. The fourth-order valence-corrected chi connectivity index (χ4v) is 1.73. The number of esters is 1. The molecule has 7 heteroatoms. The van der Waals surface area contributed by atoms with E-state index in [0.717, 1.165) is 6.07 Å². The van der Waals surface area contributed by atoms with Crippen molar-refractivity contribution < 1.29 is 27.8 Å². The number of rotatable bonds is 4. The van der Waals surface area contributed by atoms with E-state index in [1.807, 2.05) is 0 Å². The Balaban J connectivity index is 3.30. The summed E-state index contributed by atoms with van der Waals surface area (Å²) in [5.41, 5.74) is -1.92. The molecule has 0 spiro atoms. The fraction of sp³-hybridized carbons (Fsp3) is 0.385. The van der Waals surface area contributed by atoms with Crippen LogP contribution in [0.3, 0.4) is 0 Å². The summed E-state index contributed by atoms with van der Waals surface area (Å²) in [5, 5.41) is 17.9. The number of alkyl halides is 3. The Morgan fingerprint density at radius 1 is 1.45 bits per heavy atom. The highest BCUT2D eigenvalue weighted by atomic mass is 19.4. The quantitative estimate of drug-likeness (QED) is 0.862. The normalized spacial score (nSPS) is 11.0. The van der Waals surface area contributed by atoms with E-state index in [4.69, 9.17) is 10.4 Å². The molecule has 0 aliphatic carbocycles. The summed E-state index contributed by atoms with van der Waals surface area (Å²) in [6.07, 6.45) is -5.09. The molecule has 0 atom stereocenters. The van der Waals surface area contributed by atoms with Crippen molar-refractivity contribution in [2.45, 2.75) is 26.1 Å². The molecule has 0 fully saturated rings. The second kappa shape index (κ2) is 6.39. The number of carbonyl (C=O) groups is 1. The molecule has 1 aromatic carbocycles. The average Bonchev–Trinajstić information content (AvgIpc) is 2.36. The number of halogens is 3. The molecule has 4 nitrogen and oxygen atoms in total. The summed E-state index contributed by atoms with van der Waals surface area (Å²) in [6, 6.07) is 3.36. The van der Waals surface area contributed by atoms with Gasteiger partial charge in [-0.05, 0) is 24.1 Å². The van der Waals surface area contributed by atoms with E-state index in [0.29, 0.717) is 0 Å². The minimum absolute atomic E-state index is 0.0406. The highest BCUT2D eigenvalue weighted by Crippen LogP contribution is 2.34. The van der Waals surface area contributed by atoms with Gasteiger partial charge in [0.15, 0.2) is 0 Å². The predicted octanol–water partition coefficient (Wildman–Crippen LogP) is 2.17. The molecule has 20 heavy (non-hydrogen) atoms. The SMILES string of the molecule is CCOC(=O)Cc1cc(CO)c(C#N)c(C(F)(F)F)c1. The molecule has 0 amide bonds. The molecule has 0 saturated heterocycles. The molecule has 0 aliphatic heterocycles. The number of hydrogen-bond donors (Lipinski definition) is 1. The van der Waals surface area contributed by atoms with E-state index in [9.17, 15) is 18.0 Å². The van der Waals surface area contributed by atoms with Crippen molar-refractivity contribution >= 4 is 5.97 Å². The lowest BCUT2D eigenvalue weighted by molar-refractivity contribution is -0.142.